The Hall–Kier alpha value is -1.35. The fraction of sp³-hybridized carbons (Fsp3) is 0.533. The number of pyridine rings is 1. The van der Waals surface area contributed by atoms with Crippen LogP contribution in [0.4, 0.5) is 0 Å². The molecule has 2 unspecified atom stereocenters. The van der Waals surface area contributed by atoms with Crippen LogP contribution in [0.1, 0.15) is 25.3 Å². The molecule has 0 saturated carbocycles. The van der Waals surface area contributed by atoms with Crippen molar-refractivity contribution in [2.75, 3.05) is 13.7 Å². The van der Waals surface area contributed by atoms with Gasteiger partial charge in [-0.25, -0.2) is 0 Å². The van der Waals surface area contributed by atoms with Crippen molar-refractivity contribution in [2.45, 2.75) is 26.3 Å². The Labute approximate surface area is 109 Å². The molecule has 0 saturated heterocycles. The van der Waals surface area contributed by atoms with E-state index in [2.05, 4.69) is 29.4 Å². The Morgan fingerprint density at radius 1 is 1.39 bits per heavy atom. The number of allylic oxidation sites excluding steroid dienone is 2. The van der Waals surface area contributed by atoms with Gasteiger partial charge >= 0.3 is 0 Å². The van der Waals surface area contributed by atoms with Gasteiger partial charge in [0.1, 0.15) is 5.75 Å². The lowest BCUT2D eigenvalue weighted by molar-refractivity contribution is 0.196. The third kappa shape index (κ3) is 3.33. The Bertz CT molecular complexity index is 403. The van der Waals surface area contributed by atoms with Crippen molar-refractivity contribution in [1.29, 1.82) is 0 Å². The van der Waals surface area contributed by atoms with Crippen molar-refractivity contribution in [1.82, 2.24) is 10.3 Å². The molecule has 0 radical (unpaired) electrons. The molecule has 3 nitrogen and oxygen atoms in total. The monoisotopic (exact) mass is 246 g/mol. The molecule has 1 aromatic rings. The van der Waals surface area contributed by atoms with Gasteiger partial charge in [-0.2, -0.15) is 0 Å². The maximum Gasteiger partial charge on any atom is 0.142 e. The van der Waals surface area contributed by atoms with Crippen LogP contribution in [0.25, 0.3) is 0 Å². The Morgan fingerprint density at radius 3 is 3.00 bits per heavy atom. The smallest absolute Gasteiger partial charge is 0.142 e. The van der Waals surface area contributed by atoms with Crippen LogP contribution in [-0.2, 0) is 6.54 Å². The highest BCUT2D eigenvalue weighted by atomic mass is 16.5. The molecule has 3 heteroatoms. The first-order valence-corrected chi connectivity index (χ1v) is 6.66. The molecular weight excluding hydrogens is 224 g/mol. The average Bonchev–Trinajstić information content (AvgIpc) is 2.40. The standard InChI is InChI=1S/C15H22N2O/c1-12-5-3-4-6-14(12)11-18-15-10-17-8-7-13(15)9-16-2/h3-4,7-8,10,12,14,16H,5-6,9,11H2,1-2H3. The molecule has 1 N–H and O–H groups in total. The maximum atomic E-state index is 5.96. The van der Waals surface area contributed by atoms with Gasteiger partial charge in [0.05, 0.1) is 12.8 Å². The van der Waals surface area contributed by atoms with Crippen molar-refractivity contribution < 1.29 is 4.74 Å². The Morgan fingerprint density at radius 2 is 2.22 bits per heavy atom. The minimum Gasteiger partial charge on any atom is -0.491 e. The average molecular weight is 246 g/mol. The van der Waals surface area contributed by atoms with Crippen molar-refractivity contribution in [2.24, 2.45) is 11.8 Å². The van der Waals surface area contributed by atoms with E-state index in [0.717, 1.165) is 25.3 Å². The number of rotatable bonds is 5. The van der Waals surface area contributed by atoms with Gasteiger partial charge in [-0.3, -0.25) is 4.98 Å². The molecule has 1 aliphatic carbocycles. The van der Waals surface area contributed by atoms with Crippen molar-refractivity contribution >= 4 is 0 Å². The summed E-state index contributed by atoms with van der Waals surface area (Å²) < 4.78 is 5.96. The van der Waals surface area contributed by atoms with Crippen LogP contribution in [0.5, 0.6) is 5.75 Å². The summed E-state index contributed by atoms with van der Waals surface area (Å²) in [5.41, 5.74) is 1.17. The lowest BCUT2D eigenvalue weighted by Gasteiger charge is -2.25. The SMILES string of the molecule is CNCc1ccncc1OCC1CC=CCC1C. The molecular formula is C15H22N2O. The Kier molecular flexibility index (Phi) is 4.76. The van der Waals surface area contributed by atoms with Crippen LogP contribution >= 0.6 is 0 Å². The molecule has 0 bridgehead atoms. The number of nitrogens with zero attached hydrogens (tertiary/aromatic N) is 1. The van der Waals surface area contributed by atoms with Crippen LogP contribution in [0.15, 0.2) is 30.6 Å². The van der Waals surface area contributed by atoms with Crippen molar-refractivity contribution in [3.8, 4) is 5.75 Å². The topological polar surface area (TPSA) is 34.2 Å². The highest BCUT2D eigenvalue weighted by Gasteiger charge is 2.19. The van der Waals surface area contributed by atoms with Gasteiger partial charge in [0, 0.05) is 18.3 Å². The molecule has 0 aromatic carbocycles. The second kappa shape index (κ2) is 6.55. The summed E-state index contributed by atoms with van der Waals surface area (Å²) in [7, 11) is 1.94. The summed E-state index contributed by atoms with van der Waals surface area (Å²) in [6, 6.07) is 2.01. The van der Waals surface area contributed by atoms with Crippen LogP contribution in [0, 0.1) is 11.8 Å². The molecule has 0 fully saturated rings. The van der Waals surface area contributed by atoms with E-state index in [9.17, 15) is 0 Å². The van der Waals surface area contributed by atoms with Crippen LogP contribution in [-0.4, -0.2) is 18.6 Å². The normalized spacial score (nSPS) is 23.0. The van der Waals surface area contributed by atoms with Gasteiger partial charge < -0.3 is 10.1 Å². The Balaban J connectivity index is 1.95. The van der Waals surface area contributed by atoms with E-state index in [0.29, 0.717) is 11.8 Å². The van der Waals surface area contributed by atoms with E-state index in [4.69, 9.17) is 4.74 Å². The van der Waals surface area contributed by atoms with Crippen molar-refractivity contribution in [3.63, 3.8) is 0 Å². The summed E-state index contributed by atoms with van der Waals surface area (Å²) in [6.45, 7) is 3.90. The van der Waals surface area contributed by atoms with E-state index in [1.807, 2.05) is 25.5 Å². The van der Waals surface area contributed by atoms with Crippen LogP contribution < -0.4 is 10.1 Å². The highest BCUT2D eigenvalue weighted by molar-refractivity contribution is 5.29. The first kappa shape index (κ1) is 13.1. The van der Waals surface area contributed by atoms with Gasteiger partial charge in [0.15, 0.2) is 0 Å². The van der Waals surface area contributed by atoms with Gasteiger partial charge in [0.25, 0.3) is 0 Å². The quantitative estimate of drug-likeness (QED) is 0.811. The molecule has 1 heterocycles. The van der Waals surface area contributed by atoms with Crippen LogP contribution in [0.2, 0.25) is 0 Å². The van der Waals surface area contributed by atoms with E-state index < -0.39 is 0 Å². The fourth-order valence-corrected chi connectivity index (χ4v) is 2.31. The molecule has 18 heavy (non-hydrogen) atoms. The zero-order valence-corrected chi connectivity index (χ0v) is 11.2. The summed E-state index contributed by atoms with van der Waals surface area (Å²) in [5.74, 6) is 2.24. The molecule has 1 aromatic heterocycles. The van der Waals surface area contributed by atoms with Gasteiger partial charge in [-0.1, -0.05) is 19.1 Å². The molecule has 2 rings (SSSR count). The third-order valence-corrected chi connectivity index (χ3v) is 3.61. The fourth-order valence-electron chi connectivity index (χ4n) is 2.31. The summed E-state index contributed by atoms with van der Waals surface area (Å²) in [6.07, 6.45) is 10.5. The summed E-state index contributed by atoms with van der Waals surface area (Å²) >= 11 is 0. The minimum atomic E-state index is 0.623. The predicted octanol–water partition coefficient (Wildman–Crippen LogP) is 2.78. The lowest BCUT2D eigenvalue weighted by atomic mass is 9.85. The maximum absolute atomic E-state index is 5.96. The highest BCUT2D eigenvalue weighted by Crippen LogP contribution is 2.26. The van der Waals surface area contributed by atoms with Gasteiger partial charge in [0.2, 0.25) is 0 Å². The molecule has 2 atom stereocenters. The van der Waals surface area contributed by atoms with Crippen LogP contribution in [0.3, 0.4) is 0 Å². The zero-order chi connectivity index (χ0) is 12.8. The number of hydrogen-bond acceptors (Lipinski definition) is 3. The third-order valence-electron chi connectivity index (χ3n) is 3.61. The summed E-state index contributed by atoms with van der Waals surface area (Å²) in [5, 5.41) is 3.15. The van der Waals surface area contributed by atoms with Gasteiger partial charge in [-0.15, -0.1) is 0 Å². The molecule has 1 aliphatic rings. The number of aromatic nitrogens is 1. The van der Waals surface area contributed by atoms with E-state index >= 15 is 0 Å². The molecule has 0 amide bonds. The second-order valence-electron chi connectivity index (χ2n) is 5.00. The molecule has 98 valence electrons. The number of nitrogens with one attached hydrogen (secondary N) is 1. The van der Waals surface area contributed by atoms with E-state index in [-0.39, 0.29) is 0 Å². The van der Waals surface area contributed by atoms with E-state index in [1.165, 1.54) is 12.0 Å². The zero-order valence-electron chi connectivity index (χ0n) is 11.2. The number of ether oxygens (including phenoxy) is 1. The largest absolute Gasteiger partial charge is 0.491 e. The minimum absolute atomic E-state index is 0.623. The lowest BCUT2D eigenvalue weighted by Crippen LogP contribution is -2.21. The first-order valence-electron chi connectivity index (χ1n) is 6.66. The molecule has 0 spiro atoms. The molecule has 0 aliphatic heterocycles. The predicted molar refractivity (Wildman–Crippen MR) is 73.5 cm³/mol. The first-order chi connectivity index (χ1) is 8.81. The summed E-state index contributed by atoms with van der Waals surface area (Å²) in [4.78, 5) is 4.14. The van der Waals surface area contributed by atoms with Gasteiger partial charge in [-0.05, 0) is 37.8 Å². The second-order valence-corrected chi connectivity index (χ2v) is 5.00. The van der Waals surface area contributed by atoms with Crippen molar-refractivity contribution in [3.05, 3.63) is 36.2 Å². The number of hydrogen-bond donors (Lipinski definition) is 1. The van der Waals surface area contributed by atoms with E-state index in [1.54, 1.807) is 0 Å².